The van der Waals surface area contributed by atoms with E-state index in [1.54, 1.807) is 24.3 Å². The van der Waals surface area contributed by atoms with Crippen molar-refractivity contribution in [3.05, 3.63) is 30.3 Å². The van der Waals surface area contributed by atoms with Gasteiger partial charge in [-0.2, -0.15) is 4.72 Å². The van der Waals surface area contributed by atoms with Crippen molar-refractivity contribution < 1.29 is 17.6 Å². The van der Waals surface area contributed by atoms with Crippen molar-refractivity contribution in [2.24, 2.45) is 5.92 Å². The summed E-state index contributed by atoms with van der Waals surface area (Å²) in [6, 6.07) is 7.65. The van der Waals surface area contributed by atoms with Gasteiger partial charge in [-0.3, -0.25) is 4.79 Å². The molecular formula is C15H20N2O4S. The minimum absolute atomic E-state index is 0.167. The van der Waals surface area contributed by atoms with E-state index in [1.165, 1.54) is 13.1 Å². The third kappa shape index (κ3) is 3.66. The van der Waals surface area contributed by atoms with Gasteiger partial charge in [-0.05, 0) is 18.4 Å². The standard InChI is InChI=1S/C15H20N2O4S/c1-10(2)8-12(15(18)16-3)17-22(19,20)14-9-11-6-4-5-7-13(11)21-14/h4-7,9-10,12,17H,8H2,1-3H3,(H,16,18)/t12-/m1/s1. The second-order valence-corrected chi connectivity index (χ2v) is 7.17. The molecule has 0 unspecified atom stereocenters. The molecule has 0 bridgehead atoms. The molecule has 6 nitrogen and oxygen atoms in total. The molecule has 1 amide bonds. The minimum Gasteiger partial charge on any atom is -0.443 e. The van der Waals surface area contributed by atoms with Crippen LogP contribution in [0.1, 0.15) is 20.3 Å². The van der Waals surface area contributed by atoms with Crippen LogP contribution in [0.2, 0.25) is 0 Å². The maximum atomic E-state index is 12.4. The van der Waals surface area contributed by atoms with E-state index in [-0.39, 0.29) is 16.9 Å². The molecule has 0 fully saturated rings. The third-order valence-electron chi connectivity index (χ3n) is 3.24. The van der Waals surface area contributed by atoms with Crippen molar-refractivity contribution in [1.29, 1.82) is 0 Å². The van der Waals surface area contributed by atoms with Crippen molar-refractivity contribution in [3.8, 4) is 0 Å². The van der Waals surface area contributed by atoms with Crippen molar-refractivity contribution in [1.82, 2.24) is 10.0 Å². The Balaban J connectivity index is 2.29. The number of amides is 1. The highest BCUT2D eigenvalue weighted by Gasteiger charge is 2.28. The molecule has 1 atom stereocenters. The summed E-state index contributed by atoms with van der Waals surface area (Å²) in [6.07, 6.45) is 0.402. The van der Waals surface area contributed by atoms with E-state index in [2.05, 4.69) is 10.0 Å². The molecule has 2 aromatic rings. The normalized spacial score (nSPS) is 13.5. The second-order valence-electron chi connectivity index (χ2n) is 5.52. The highest BCUT2D eigenvalue weighted by atomic mass is 32.2. The number of furan rings is 1. The van der Waals surface area contributed by atoms with Gasteiger partial charge >= 0.3 is 0 Å². The number of carbonyl (C=O) groups excluding carboxylic acids is 1. The fraction of sp³-hybridized carbons (Fsp3) is 0.400. The van der Waals surface area contributed by atoms with E-state index in [0.29, 0.717) is 17.4 Å². The van der Waals surface area contributed by atoms with Gasteiger partial charge in [0.25, 0.3) is 10.0 Å². The summed E-state index contributed by atoms with van der Waals surface area (Å²) < 4.78 is 32.6. The number of para-hydroxylation sites is 1. The zero-order valence-corrected chi connectivity index (χ0v) is 13.6. The first-order valence-corrected chi connectivity index (χ1v) is 8.54. The highest BCUT2D eigenvalue weighted by Crippen LogP contribution is 2.22. The van der Waals surface area contributed by atoms with E-state index >= 15 is 0 Å². The fourth-order valence-electron chi connectivity index (χ4n) is 2.19. The molecule has 0 spiro atoms. The molecule has 2 N–H and O–H groups in total. The number of hydrogen-bond donors (Lipinski definition) is 2. The molecule has 2 rings (SSSR count). The van der Waals surface area contributed by atoms with Crippen LogP contribution in [0.15, 0.2) is 39.8 Å². The summed E-state index contributed by atoms with van der Waals surface area (Å²) in [7, 11) is -2.42. The number of nitrogens with one attached hydrogen (secondary N) is 2. The van der Waals surface area contributed by atoms with Crippen molar-refractivity contribution in [2.45, 2.75) is 31.4 Å². The van der Waals surface area contributed by atoms with Crippen molar-refractivity contribution in [2.75, 3.05) is 7.05 Å². The van der Waals surface area contributed by atoms with Gasteiger partial charge in [0.05, 0.1) is 0 Å². The molecule has 22 heavy (non-hydrogen) atoms. The van der Waals surface area contributed by atoms with Crippen LogP contribution in [0, 0.1) is 5.92 Å². The summed E-state index contributed by atoms with van der Waals surface area (Å²) in [5, 5.41) is 2.98. The SMILES string of the molecule is CNC(=O)[C@@H](CC(C)C)NS(=O)(=O)c1cc2ccccc2o1. The van der Waals surface area contributed by atoms with Crippen LogP contribution < -0.4 is 10.0 Å². The van der Waals surface area contributed by atoms with Crippen LogP contribution in [-0.2, 0) is 14.8 Å². The van der Waals surface area contributed by atoms with E-state index in [0.717, 1.165) is 0 Å². The molecular weight excluding hydrogens is 304 g/mol. The zero-order valence-electron chi connectivity index (χ0n) is 12.8. The molecule has 0 radical (unpaired) electrons. The molecule has 1 aromatic carbocycles. The largest absolute Gasteiger partial charge is 0.443 e. The summed E-state index contributed by atoms with van der Waals surface area (Å²) in [5.41, 5.74) is 0.489. The number of carbonyl (C=O) groups is 1. The number of likely N-dealkylation sites (N-methyl/N-ethyl adjacent to an activating group) is 1. The number of benzene rings is 1. The highest BCUT2D eigenvalue weighted by molar-refractivity contribution is 7.89. The van der Waals surface area contributed by atoms with Crippen molar-refractivity contribution in [3.63, 3.8) is 0 Å². The van der Waals surface area contributed by atoms with Gasteiger partial charge in [-0.15, -0.1) is 0 Å². The first-order valence-electron chi connectivity index (χ1n) is 7.06. The molecule has 120 valence electrons. The Morgan fingerprint density at radius 1 is 1.27 bits per heavy atom. The molecule has 0 saturated carbocycles. The van der Waals surface area contributed by atoms with Gasteiger partial charge in [0, 0.05) is 18.5 Å². The van der Waals surface area contributed by atoms with E-state index < -0.39 is 16.1 Å². The topological polar surface area (TPSA) is 88.4 Å². The number of sulfonamides is 1. The van der Waals surface area contributed by atoms with Gasteiger partial charge in [0.15, 0.2) is 0 Å². The fourth-order valence-corrected chi connectivity index (χ4v) is 3.37. The smallest absolute Gasteiger partial charge is 0.274 e. The van der Waals surface area contributed by atoms with E-state index in [4.69, 9.17) is 4.42 Å². The molecule has 7 heteroatoms. The van der Waals surface area contributed by atoms with Gasteiger partial charge in [-0.1, -0.05) is 32.0 Å². The average molecular weight is 324 g/mol. The predicted molar refractivity (Wildman–Crippen MR) is 83.8 cm³/mol. The first-order chi connectivity index (χ1) is 10.3. The molecule has 0 aliphatic carbocycles. The predicted octanol–water partition coefficient (Wildman–Crippen LogP) is 1.87. The lowest BCUT2D eigenvalue weighted by molar-refractivity contribution is -0.122. The number of fused-ring (bicyclic) bond motifs is 1. The maximum Gasteiger partial charge on any atom is 0.274 e. The lowest BCUT2D eigenvalue weighted by Crippen LogP contribution is -2.46. The van der Waals surface area contributed by atoms with Crippen LogP contribution in [0.4, 0.5) is 0 Å². The Morgan fingerprint density at radius 2 is 1.95 bits per heavy atom. The third-order valence-corrected chi connectivity index (χ3v) is 4.56. The molecule has 0 aliphatic heterocycles. The Kier molecular flexibility index (Phi) is 4.87. The van der Waals surface area contributed by atoms with Crippen LogP contribution in [0.25, 0.3) is 11.0 Å². The molecule has 1 heterocycles. The Labute approximate surface area is 129 Å². The first kappa shape index (κ1) is 16.5. The van der Waals surface area contributed by atoms with Crippen LogP contribution in [-0.4, -0.2) is 27.4 Å². The lowest BCUT2D eigenvalue weighted by atomic mass is 10.0. The molecule has 0 aliphatic rings. The van der Waals surface area contributed by atoms with Gasteiger partial charge in [-0.25, -0.2) is 8.42 Å². The number of hydrogen-bond acceptors (Lipinski definition) is 4. The lowest BCUT2D eigenvalue weighted by Gasteiger charge is -2.18. The maximum absolute atomic E-state index is 12.4. The van der Waals surface area contributed by atoms with Gasteiger partial charge in [0.1, 0.15) is 11.6 Å². The average Bonchev–Trinajstić information content (AvgIpc) is 2.89. The Morgan fingerprint density at radius 3 is 2.55 bits per heavy atom. The quantitative estimate of drug-likeness (QED) is 0.849. The van der Waals surface area contributed by atoms with Crippen LogP contribution in [0.5, 0.6) is 0 Å². The van der Waals surface area contributed by atoms with E-state index in [9.17, 15) is 13.2 Å². The molecule has 0 saturated heterocycles. The minimum atomic E-state index is -3.90. The summed E-state index contributed by atoms with van der Waals surface area (Å²) in [5.74, 6) is -0.200. The van der Waals surface area contributed by atoms with Gasteiger partial charge in [0.2, 0.25) is 11.0 Å². The second kappa shape index (κ2) is 6.50. The molecule has 1 aromatic heterocycles. The summed E-state index contributed by atoms with van der Waals surface area (Å²) in [4.78, 5) is 11.9. The monoisotopic (exact) mass is 324 g/mol. The summed E-state index contributed by atoms with van der Waals surface area (Å²) in [6.45, 7) is 3.84. The Bertz CT molecular complexity index is 732. The Hall–Kier alpha value is -1.86. The number of rotatable bonds is 6. The summed E-state index contributed by atoms with van der Waals surface area (Å²) >= 11 is 0. The van der Waals surface area contributed by atoms with Crippen LogP contribution in [0.3, 0.4) is 0 Å². The zero-order chi connectivity index (χ0) is 16.3. The van der Waals surface area contributed by atoms with E-state index in [1.807, 2.05) is 13.8 Å². The van der Waals surface area contributed by atoms with Crippen molar-refractivity contribution >= 4 is 26.9 Å². The van der Waals surface area contributed by atoms with Crippen LogP contribution >= 0.6 is 0 Å². The van der Waals surface area contributed by atoms with Gasteiger partial charge < -0.3 is 9.73 Å².